The van der Waals surface area contributed by atoms with Crippen LogP contribution in [0.5, 0.6) is 0 Å². The molecule has 0 aliphatic rings. The summed E-state index contributed by atoms with van der Waals surface area (Å²) in [7, 11) is -2.17. The van der Waals surface area contributed by atoms with E-state index in [9.17, 15) is 8.42 Å². The van der Waals surface area contributed by atoms with Crippen LogP contribution in [0.4, 0.5) is 0 Å². The molecule has 0 aliphatic carbocycles. The maximum Gasteiger partial charge on any atom is 0.277 e. The summed E-state index contributed by atoms with van der Waals surface area (Å²) in [6.07, 6.45) is 0. The molecule has 0 saturated carbocycles. The van der Waals surface area contributed by atoms with Crippen molar-refractivity contribution in [3.63, 3.8) is 0 Å². The van der Waals surface area contributed by atoms with Gasteiger partial charge < -0.3 is 0 Å². The highest BCUT2D eigenvalue weighted by Gasteiger charge is 2.12. The second-order valence-corrected chi connectivity index (χ2v) is 4.65. The number of aromatic nitrogens is 1. The Balaban J connectivity index is 2.66. The van der Waals surface area contributed by atoms with E-state index in [2.05, 4.69) is 4.98 Å². The summed E-state index contributed by atoms with van der Waals surface area (Å²) in [5.41, 5.74) is 2.35. The Morgan fingerprint density at radius 1 is 1.75 bits per heavy atom. The molecule has 1 heterocycles. The largest absolute Gasteiger partial charge is 0.277 e. The first-order valence-electron chi connectivity index (χ1n) is 3.11. The molecule has 0 unspecified atom stereocenters. The van der Waals surface area contributed by atoms with Crippen LogP contribution in [0, 0.1) is 0 Å². The summed E-state index contributed by atoms with van der Waals surface area (Å²) in [5.74, 6) is 0. The van der Waals surface area contributed by atoms with Gasteiger partial charge in [-0.1, -0.05) is 0 Å². The third kappa shape index (κ3) is 2.52. The lowest BCUT2D eigenvalue weighted by molar-refractivity contribution is 0.464. The van der Waals surface area contributed by atoms with Crippen molar-refractivity contribution in [1.82, 2.24) is 9.29 Å². The van der Waals surface area contributed by atoms with E-state index in [0.29, 0.717) is 5.69 Å². The molecule has 5 nitrogen and oxygen atoms in total. The van der Waals surface area contributed by atoms with Crippen LogP contribution in [0.3, 0.4) is 0 Å². The first-order valence-corrected chi connectivity index (χ1v) is 5.56. The smallest absolute Gasteiger partial charge is 0.248 e. The molecule has 0 aromatic carbocycles. The minimum Gasteiger partial charge on any atom is -0.248 e. The van der Waals surface area contributed by atoms with Gasteiger partial charge in [-0.3, -0.25) is 0 Å². The van der Waals surface area contributed by atoms with Crippen LogP contribution in [0.2, 0.25) is 0 Å². The first-order chi connectivity index (χ1) is 5.50. The van der Waals surface area contributed by atoms with Crippen LogP contribution in [-0.2, 0) is 16.8 Å². The van der Waals surface area contributed by atoms with Gasteiger partial charge in [-0.25, -0.2) is 10.1 Å². The highest BCUT2D eigenvalue weighted by molar-refractivity contribution is 7.86. The van der Waals surface area contributed by atoms with Gasteiger partial charge in [0.2, 0.25) is 0 Å². The second kappa shape index (κ2) is 3.48. The minimum absolute atomic E-state index is 0.225. The normalized spacial score (nSPS) is 12.2. The van der Waals surface area contributed by atoms with Crippen LogP contribution in [0.25, 0.3) is 0 Å². The van der Waals surface area contributed by atoms with Gasteiger partial charge in [0.15, 0.2) is 0 Å². The SMILES string of the molecule is CN(Cc1cscn1)S(N)(=O)=O. The van der Waals surface area contributed by atoms with Gasteiger partial charge in [-0.2, -0.15) is 12.7 Å². The summed E-state index contributed by atoms with van der Waals surface area (Å²) in [6.45, 7) is 0.225. The first kappa shape index (κ1) is 9.59. The minimum atomic E-state index is -3.58. The zero-order chi connectivity index (χ0) is 9.19. The highest BCUT2D eigenvalue weighted by Crippen LogP contribution is 2.04. The van der Waals surface area contributed by atoms with E-state index in [1.54, 1.807) is 10.9 Å². The Labute approximate surface area is 75.0 Å². The Morgan fingerprint density at radius 2 is 2.42 bits per heavy atom. The second-order valence-electron chi connectivity index (χ2n) is 2.28. The van der Waals surface area contributed by atoms with Gasteiger partial charge in [-0.05, 0) is 0 Å². The fourth-order valence-electron chi connectivity index (χ4n) is 0.634. The standard InChI is InChI=1S/C5H9N3O2S2/c1-8(12(6,9)10)2-5-3-11-4-7-5/h3-4H,2H2,1H3,(H2,6,9,10). The number of rotatable bonds is 3. The van der Waals surface area contributed by atoms with Gasteiger partial charge in [-0.15, -0.1) is 11.3 Å². The Hall–Kier alpha value is -0.500. The quantitative estimate of drug-likeness (QED) is 0.744. The van der Waals surface area contributed by atoms with Gasteiger partial charge in [0.05, 0.1) is 17.7 Å². The molecule has 2 N–H and O–H groups in total. The van der Waals surface area contributed by atoms with E-state index in [1.807, 2.05) is 0 Å². The monoisotopic (exact) mass is 207 g/mol. The molecular formula is C5H9N3O2S2. The van der Waals surface area contributed by atoms with Gasteiger partial charge in [0.25, 0.3) is 10.2 Å². The number of hydrogen-bond donors (Lipinski definition) is 1. The molecule has 1 aromatic rings. The van der Waals surface area contributed by atoms with Crippen molar-refractivity contribution in [3.8, 4) is 0 Å². The van der Waals surface area contributed by atoms with E-state index in [-0.39, 0.29) is 6.54 Å². The van der Waals surface area contributed by atoms with Crippen molar-refractivity contribution < 1.29 is 8.42 Å². The third-order valence-electron chi connectivity index (χ3n) is 1.30. The lowest BCUT2D eigenvalue weighted by Crippen LogP contribution is -2.32. The maximum absolute atomic E-state index is 10.7. The molecule has 1 rings (SSSR count). The zero-order valence-corrected chi connectivity index (χ0v) is 8.10. The van der Waals surface area contributed by atoms with Crippen LogP contribution < -0.4 is 5.14 Å². The molecule has 1 aromatic heterocycles. The molecule has 0 radical (unpaired) electrons. The molecule has 0 spiro atoms. The van der Waals surface area contributed by atoms with Crippen molar-refractivity contribution in [2.75, 3.05) is 7.05 Å². The average molecular weight is 207 g/mol. The molecule has 0 saturated heterocycles. The highest BCUT2D eigenvalue weighted by atomic mass is 32.2. The lowest BCUT2D eigenvalue weighted by Gasteiger charge is -2.10. The summed E-state index contributed by atoms with van der Waals surface area (Å²) >= 11 is 1.42. The van der Waals surface area contributed by atoms with E-state index >= 15 is 0 Å². The van der Waals surface area contributed by atoms with Crippen LogP contribution in [-0.4, -0.2) is 24.8 Å². The fraction of sp³-hybridized carbons (Fsp3) is 0.400. The molecule has 7 heteroatoms. The molecule has 0 fully saturated rings. The molecule has 0 amide bonds. The third-order valence-corrected chi connectivity index (χ3v) is 2.94. The predicted molar refractivity (Wildman–Crippen MR) is 46.7 cm³/mol. The number of hydrogen-bond acceptors (Lipinski definition) is 4. The van der Waals surface area contributed by atoms with Crippen molar-refractivity contribution in [1.29, 1.82) is 0 Å². The molecule has 68 valence electrons. The van der Waals surface area contributed by atoms with Crippen LogP contribution in [0.15, 0.2) is 10.9 Å². The van der Waals surface area contributed by atoms with E-state index in [0.717, 1.165) is 4.31 Å². The van der Waals surface area contributed by atoms with Crippen LogP contribution in [0.1, 0.15) is 5.69 Å². The Kier molecular flexibility index (Phi) is 2.78. The molecule has 12 heavy (non-hydrogen) atoms. The van der Waals surface area contributed by atoms with E-state index in [4.69, 9.17) is 5.14 Å². The molecule has 0 bridgehead atoms. The van der Waals surface area contributed by atoms with E-state index < -0.39 is 10.2 Å². The summed E-state index contributed by atoms with van der Waals surface area (Å²) < 4.78 is 22.5. The molecular weight excluding hydrogens is 198 g/mol. The average Bonchev–Trinajstić information content (AvgIpc) is 2.37. The van der Waals surface area contributed by atoms with Crippen LogP contribution >= 0.6 is 11.3 Å². The van der Waals surface area contributed by atoms with Gasteiger partial charge in [0, 0.05) is 12.4 Å². The van der Waals surface area contributed by atoms with E-state index in [1.165, 1.54) is 18.4 Å². The number of thiazole rings is 1. The molecule has 0 aliphatic heterocycles. The summed E-state index contributed by atoms with van der Waals surface area (Å²) in [6, 6.07) is 0. The number of nitrogens with zero attached hydrogens (tertiary/aromatic N) is 2. The van der Waals surface area contributed by atoms with Crippen molar-refractivity contribution >= 4 is 21.5 Å². The topological polar surface area (TPSA) is 76.3 Å². The Morgan fingerprint density at radius 3 is 2.83 bits per heavy atom. The Bertz CT molecular complexity index is 332. The number of nitrogens with two attached hydrogens (primary N) is 1. The molecule has 0 atom stereocenters. The van der Waals surface area contributed by atoms with Gasteiger partial charge in [0.1, 0.15) is 0 Å². The summed E-state index contributed by atoms with van der Waals surface area (Å²) in [4.78, 5) is 3.93. The van der Waals surface area contributed by atoms with Gasteiger partial charge >= 0.3 is 0 Å². The lowest BCUT2D eigenvalue weighted by atomic mass is 10.5. The fourth-order valence-corrected chi connectivity index (χ4v) is 1.50. The van der Waals surface area contributed by atoms with Crippen molar-refractivity contribution in [3.05, 3.63) is 16.6 Å². The summed E-state index contributed by atoms with van der Waals surface area (Å²) in [5, 5.41) is 6.65. The predicted octanol–water partition coefficient (Wildman–Crippen LogP) is -0.222. The zero-order valence-electron chi connectivity index (χ0n) is 6.47. The van der Waals surface area contributed by atoms with Crippen molar-refractivity contribution in [2.45, 2.75) is 6.54 Å². The maximum atomic E-state index is 10.7. The van der Waals surface area contributed by atoms with Crippen molar-refractivity contribution in [2.24, 2.45) is 5.14 Å².